The summed E-state index contributed by atoms with van der Waals surface area (Å²) < 4.78 is 5.96. The molecule has 2 heterocycles. The number of hydrogen-bond acceptors (Lipinski definition) is 4. The number of aromatic nitrogens is 1. The number of nitrogens with zero attached hydrogens (tertiary/aromatic N) is 1. The molecule has 0 amide bonds. The van der Waals surface area contributed by atoms with Crippen LogP contribution in [0.1, 0.15) is 70.1 Å². The van der Waals surface area contributed by atoms with Gasteiger partial charge in [-0.25, -0.2) is 0 Å². The van der Waals surface area contributed by atoms with Crippen molar-refractivity contribution in [1.82, 2.24) is 4.98 Å². The van der Waals surface area contributed by atoms with Crippen LogP contribution in [0.4, 0.5) is 0 Å². The number of carbonyl (C=O) groups excluding carboxylic acids is 1. The first-order valence-electron chi connectivity index (χ1n) is 14.1. The Balaban J connectivity index is 0.000000307. The third kappa shape index (κ3) is 8.74. The normalized spacial score (nSPS) is 11.4. The number of hydrogen-bond donors (Lipinski definition) is 1. The molecular weight excluding hydrogens is 675 g/mol. The second-order valence-electron chi connectivity index (χ2n) is 10.3. The van der Waals surface area contributed by atoms with Gasteiger partial charge in [0.25, 0.3) is 0 Å². The van der Waals surface area contributed by atoms with Crippen molar-refractivity contribution in [3.8, 4) is 22.6 Å². The van der Waals surface area contributed by atoms with Crippen LogP contribution < -0.4 is 0 Å². The number of allylic oxidation sites excluding steroid dienone is 2. The van der Waals surface area contributed by atoms with Gasteiger partial charge in [0.1, 0.15) is 5.76 Å². The number of rotatable bonds is 9. The summed E-state index contributed by atoms with van der Waals surface area (Å²) in [5.74, 6) is 1.42. The fourth-order valence-corrected chi connectivity index (χ4v) is 4.77. The maximum atomic E-state index is 11.7. The van der Waals surface area contributed by atoms with Gasteiger partial charge in [0.15, 0.2) is 11.4 Å². The van der Waals surface area contributed by atoms with Crippen LogP contribution in [0.15, 0.2) is 71.0 Å². The maximum absolute atomic E-state index is 11.7. The standard InChI is InChI=1S/C22H18NO.C13H24O2.Ir/c1-14-4-6-17(7-5-14)21-12-19-11-20(23-13-22(19)24-21)18-9-15(2)8-16(3)10-18;1-5-10(6-2)12(14)9-13(15)11(7-3)8-4;/h4-9,11-13H,1-3H3;9-11,14H,5-8H2,1-4H3;/q-1;;/b;12-9-;. The van der Waals surface area contributed by atoms with Crippen molar-refractivity contribution in [1.29, 1.82) is 0 Å². The van der Waals surface area contributed by atoms with Gasteiger partial charge in [-0.15, -0.1) is 34.9 Å². The van der Waals surface area contributed by atoms with Crippen molar-refractivity contribution >= 4 is 16.8 Å². The molecule has 1 N–H and O–H groups in total. The molecule has 215 valence electrons. The van der Waals surface area contributed by atoms with Gasteiger partial charge < -0.3 is 14.5 Å². The summed E-state index contributed by atoms with van der Waals surface area (Å²) in [5, 5.41) is 10.8. The first-order chi connectivity index (χ1) is 18.7. The molecule has 0 fully saturated rings. The van der Waals surface area contributed by atoms with E-state index in [9.17, 15) is 9.90 Å². The Morgan fingerprint density at radius 1 is 0.900 bits per heavy atom. The van der Waals surface area contributed by atoms with Crippen LogP contribution in [0, 0.1) is 38.7 Å². The number of carbonyl (C=O) groups is 1. The van der Waals surface area contributed by atoms with Crippen molar-refractivity contribution in [2.75, 3.05) is 0 Å². The van der Waals surface area contributed by atoms with E-state index in [-0.39, 0.29) is 43.5 Å². The molecule has 1 radical (unpaired) electrons. The van der Waals surface area contributed by atoms with Gasteiger partial charge in [-0.1, -0.05) is 77.4 Å². The van der Waals surface area contributed by atoms with Gasteiger partial charge in [0, 0.05) is 49.0 Å². The van der Waals surface area contributed by atoms with E-state index in [1.807, 2.05) is 27.7 Å². The van der Waals surface area contributed by atoms with Crippen molar-refractivity contribution in [2.45, 2.75) is 74.1 Å². The average molecular weight is 717 g/mol. The number of pyridine rings is 1. The van der Waals surface area contributed by atoms with Crippen molar-refractivity contribution in [2.24, 2.45) is 11.8 Å². The smallest absolute Gasteiger partial charge is 0.162 e. The van der Waals surface area contributed by atoms with E-state index in [1.54, 1.807) is 6.20 Å². The first kappa shape index (κ1) is 33.2. The van der Waals surface area contributed by atoms with E-state index in [1.165, 1.54) is 17.2 Å². The molecule has 2 aromatic heterocycles. The zero-order valence-electron chi connectivity index (χ0n) is 24.8. The summed E-state index contributed by atoms with van der Waals surface area (Å²) in [6.45, 7) is 14.3. The van der Waals surface area contributed by atoms with Crippen LogP contribution in [0.2, 0.25) is 0 Å². The topological polar surface area (TPSA) is 63.3 Å². The number of aryl methyl sites for hydroxylation is 3. The SMILES string of the molecule is CCC(CC)C(=O)/C=C(\O)C(CC)CC.Cc1[c-]c(-c2cc3cc(-c4ccc(C)cc4)oc3cn2)cc(C)c1.[Ir]. The molecule has 0 unspecified atom stereocenters. The van der Waals surface area contributed by atoms with Crippen LogP contribution in [0.25, 0.3) is 33.6 Å². The Morgan fingerprint density at radius 2 is 1.52 bits per heavy atom. The molecule has 4 aromatic rings. The van der Waals surface area contributed by atoms with Gasteiger partial charge in [0.05, 0.1) is 12.0 Å². The number of ketones is 1. The monoisotopic (exact) mass is 717 g/mol. The Kier molecular flexibility index (Phi) is 13.0. The predicted octanol–water partition coefficient (Wildman–Crippen LogP) is 9.75. The van der Waals surface area contributed by atoms with E-state index in [0.29, 0.717) is 0 Å². The molecule has 2 aromatic carbocycles. The van der Waals surface area contributed by atoms with Crippen molar-refractivity contribution < 1.29 is 34.4 Å². The summed E-state index contributed by atoms with van der Waals surface area (Å²) in [7, 11) is 0. The summed E-state index contributed by atoms with van der Waals surface area (Å²) in [6, 6.07) is 20.1. The first-order valence-corrected chi connectivity index (χ1v) is 14.1. The van der Waals surface area contributed by atoms with E-state index < -0.39 is 0 Å². The molecular formula is C35H42IrNO3-. The summed E-state index contributed by atoms with van der Waals surface area (Å²) in [6.07, 6.45) is 6.71. The van der Waals surface area contributed by atoms with E-state index in [4.69, 9.17) is 4.42 Å². The molecule has 5 heteroatoms. The minimum absolute atomic E-state index is 0. The van der Waals surface area contributed by atoms with Crippen LogP contribution in [-0.2, 0) is 24.9 Å². The molecule has 0 aliphatic carbocycles. The second kappa shape index (κ2) is 15.7. The molecule has 0 saturated heterocycles. The third-order valence-corrected chi connectivity index (χ3v) is 7.25. The van der Waals surface area contributed by atoms with Crippen LogP contribution in [-0.4, -0.2) is 15.9 Å². The number of furan rings is 1. The predicted molar refractivity (Wildman–Crippen MR) is 162 cm³/mol. The summed E-state index contributed by atoms with van der Waals surface area (Å²) >= 11 is 0. The molecule has 0 atom stereocenters. The molecule has 40 heavy (non-hydrogen) atoms. The van der Waals surface area contributed by atoms with Gasteiger partial charge in [0.2, 0.25) is 0 Å². The molecule has 4 nitrogen and oxygen atoms in total. The third-order valence-electron chi connectivity index (χ3n) is 7.25. The summed E-state index contributed by atoms with van der Waals surface area (Å²) in [4.78, 5) is 16.3. The number of fused-ring (bicyclic) bond motifs is 1. The molecule has 0 spiro atoms. The van der Waals surface area contributed by atoms with Gasteiger partial charge in [-0.3, -0.25) is 4.79 Å². The Bertz CT molecular complexity index is 1390. The van der Waals surface area contributed by atoms with Crippen molar-refractivity contribution in [3.63, 3.8) is 0 Å². The Morgan fingerprint density at radius 3 is 2.10 bits per heavy atom. The molecule has 0 aliphatic heterocycles. The van der Waals surface area contributed by atoms with E-state index in [2.05, 4.69) is 80.4 Å². The second-order valence-corrected chi connectivity index (χ2v) is 10.3. The summed E-state index contributed by atoms with van der Waals surface area (Å²) in [5.41, 5.74) is 7.41. The zero-order chi connectivity index (χ0) is 28.5. The van der Waals surface area contributed by atoms with Crippen LogP contribution in [0.5, 0.6) is 0 Å². The fraction of sp³-hybridized carbons (Fsp3) is 0.371. The van der Waals surface area contributed by atoms with E-state index in [0.717, 1.165) is 64.8 Å². The van der Waals surface area contributed by atoms with Gasteiger partial charge >= 0.3 is 0 Å². The minimum Gasteiger partial charge on any atom is -0.512 e. The average Bonchev–Trinajstić information content (AvgIpc) is 3.34. The van der Waals surface area contributed by atoms with Crippen molar-refractivity contribution in [3.05, 3.63) is 89.3 Å². The van der Waals surface area contributed by atoms with Crippen LogP contribution in [0.3, 0.4) is 0 Å². The fourth-order valence-electron chi connectivity index (χ4n) is 4.77. The number of aliphatic hydroxyl groups excluding tert-OH is 1. The quantitative estimate of drug-likeness (QED) is 0.106. The van der Waals surface area contributed by atoms with Crippen LogP contribution >= 0.6 is 0 Å². The zero-order valence-corrected chi connectivity index (χ0v) is 27.2. The van der Waals surface area contributed by atoms with Gasteiger partial charge in [-0.05, 0) is 44.4 Å². The number of benzene rings is 2. The molecule has 0 bridgehead atoms. The Hall–Kier alpha value is -3.01. The molecule has 0 saturated carbocycles. The molecule has 0 aliphatic rings. The van der Waals surface area contributed by atoms with E-state index >= 15 is 0 Å². The van der Waals surface area contributed by atoms with Gasteiger partial charge in [-0.2, -0.15) is 0 Å². The molecule has 4 rings (SSSR count). The maximum Gasteiger partial charge on any atom is 0.162 e. The number of aliphatic hydroxyl groups is 1. The largest absolute Gasteiger partial charge is 0.512 e. The minimum atomic E-state index is 0. The Labute approximate surface area is 253 Å².